The molecule has 0 spiro atoms. The molecule has 1 saturated carbocycles. The van der Waals surface area contributed by atoms with Crippen LogP contribution in [0.25, 0.3) is 0 Å². The standard InChI is InChI=1S/C13H20ClN3O/c14-13-12(18-11-3-1-2-4-11)9-16-17(13)10-5-7-15-8-6-10/h9-11,15H,1-8H2. The van der Waals surface area contributed by atoms with E-state index in [0.29, 0.717) is 17.3 Å². The molecule has 2 fully saturated rings. The van der Waals surface area contributed by atoms with Gasteiger partial charge in [-0.3, -0.25) is 0 Å². The van der Waals surface area contributed by atoms with Crippen LogP contribution < -0.4 is 10.1 Å². The lowest BCUT2D eigenvalue weighted by atomic mass is 10.1. The molecule has 1 N–H and O–H groups in total. The molecule has 0 atom stereocenters. The molecule has 0 unspecified atom stereocenters. The van der Waals surface area contributed by atoms with Crippen molar-refractivity contribution in [3.05, 3.63) is 11.3 Å². The summed E-state index contributed by atoms with van der Waals surface area (Å²) >= 11 is 6.39. The van der Waals surface area contributed by atoms with Gasteiger partial charge in [0.1, 0.15) is 0 Å². The summed E-state index contributed by atoms with van der Waals surface area (Å²) in [6.07, 6.45) is 9.13. The van der Waals surface area contributed by atoms with E-state index in [1.54, 1.807) is 6.20 Å². The second kappa shape index (κ2) is 5.49. The van der Waals surface area contributed by atoms with Gasteiger partial charge in [0.2, 0.25) is 0 Å². The molecule has 1 aliphatic carbocycles. The van der Waals surface area contributed by atoms with Crippen LogP contribution in [0.2, 0.25) is 5.15 Å². The van der Waals surface area contributed by atoms with Gasteiger partial charge in [0.25, 0.3) is 0 Å². The third kappa shape index (κ3) is 2.50. The minimum atomic E-state index is 0.341. The van der Waals surface area contributed by atoms with Crippen molar-refractivity contribution < 1.29 is 4.74 Å². The number of halogens is 1. The van der Waals surface area contributed by atoms with Crippen LogP contribution in [0.5, 0.6) is 5.75 Å². The Balaban J connectivity index is 1.70. The van der Waals surface area contributed by atoms with E-state index in [1.165, 1.54) is 12.8 Å². The maximum Gasteiger partial charge on any atom is 0.176 e. The first kappa shape index (κ1) is 12.3. The van der Waals surface area contributed by atoms with Crippen LogP contribution in [0, 0.1) is 0 Å². The van der Waals surface area contributed by atoms with E-state index in [9.17, 15) is 0 Å². The first-order chi connectivity index (χ1) is 8.84. The third-order valence-corrected chi connectivity index (χ3v) is 4.31. The Morgan fingerprint density at radius 2 is 1.94 bits per heavy atom. The third-order valence-electron chi connectivity index (χ3n) is 3.95. The maximum atomic E-state index is 6.39. The number of nitrogens with one attached hydrogen (secondary N) is 1. The average molecular weight is 270 g/mol. The Morgan fingerprint density at radius 3 is 2.67 bits per heavy atom. The fourth-order valence-corrected chi connectivity index (χ4v) is 3.18. The highest BCUT2D eigenvalue weighted by atomic mass is 35.5. The molecule has 0 radical (unpaired) electrons. The van der Waals surface area contributed by atoms with Gasteiger partial charge in [0.15, 0.2) is 10.9 Å². The molecule has 5 heteroatoms. The minimum absolute atomic E-state index is 0.341. The zero-order valence-electron chi connectivity index (χ0n) is 10.6. The van der Waals surface area contributed by atoms with Gasteiger partial charge in [-0.1, -0.05) is 11.6 Å². The van der Waals surface area contributed by atoms with Gasteiger partial charge >= 0.3 is 0 Å². The molecule has 2 aliphatic rings. The summed E-state index contributed by atoms with van der Waals surface area (Å²) in [6, 6.07) is 0.416. The molecule has 0 aromatic carbocycles. The SMILES string of the molecule is Clc1c(OC2CCCC2)cnn1C1CCNCC1. The highest BCUT2D eigenvalue weighted by molar-refractivity contribution is 6.31. The number of hydrogen-bond donors (Lipinski definition) is 1. The molecule has 1 aromatic rings. The lowest BCUT2D eigenvalue weighted by Crippen LogP contribution is -2.29. The quantitative estimate of drug-likeness (QED) is 0.917. The lowest BCUT2D eigenvalue weighted by Gasteiger charge is -2.23. The summed E-state index contributed by atoms with van der Waals surface area (Å²) in [5.41, 5.74) is 0. The zero-order valence-corrected chi connectivity index (χ0v) is 11.3. The van der Waals surface area contributed by atoms with Gasteiger partial charge < -0.3 is 10.1 Å². The predicted octanol–water partition coefficient (Wildman–Crippen LogP) is 2.78. The van der Waals surface area contributed by atoms with Crippen molar-refractivity contribution >= 4 is 11.6 Å². The van der Waals surface area contributed by atoms with E-state index in [-0.39, 0.29) is 0 Å². The molecule has 4 nitrogen and oxygen atoms in total. The molecular weight excluding hydrogens is 250 g/mol. The molecule has 18 heavy (non-hydrogen) atoms. The molecule has 1 aliphatic heterocycles. The van der Waals surface area contributed by atoms with Gasteiger partial charge in [-0.05, 0) is 51.6 Å². The van der Waals surface area contributed by atoms with Gasteiger partial charge in [0, 0.05) is 0 Å². The number of ether oxygens (including phenoxy) is 1. The highest BCUT2D eigenvalue weighted by Crippen LogP contribution is 2.32. The lowest BCUT2D eigenvalue weighted by molar-refractivity contribution is 0.209. The summed E-state index contributed by atoms with van der Waals surface area (Å²) in [5.74, 6) is 0.766. The summed E-state index contributed by atoms with van der Waals surface area (Å²) in [6.45, 7) is 2.08. The van der Waals surface area contributed by atoms with E-state index in [2.05, 4.69) is 10.4 Å². The fraction of sp³-hybridized carbons (Fsp3) is 0.769. The van der Waals surface area contributed by atoms with Crippen molar-refractivity contribution in [2.24, 2.45) is 0 Å². The first-order valence-electron chi connectivity index (χ1n) is 6.95. The van der Waals surface area contributed by atoms with Crippen LogP contribution >= 0.6 is 11.6 Å². The van der Waals surface area contributed by atoms with Gasteiger partial charge in [0.05, 0.1) is 18.3 Å². The summed E-state index contributed by atoms with van der Waals surface area (Å²) < 4.78 is 7.88. The van der Waals surface area contributed by atoms with Crippen LogP contribution in [-0.4, -0.2) is 29.0 Å². The van der Waals surface area contributed by atoms with Crippen molar-refractivity contribution in [1.29, 1.82) is 0 Å². The molecule has 0 bridgehead atoms. The Hall–Kier alpha value is -0.740. The van der Waals surface area contributed by atoms with E-state index in [0.717, 1.165) is 44.5 Å². The molecule has 1 saturated heterocycles. The number of aromatic nitrogens is 2. The van der Waals surface area contributed by atoms with Crippen LogP contribution in [0.3, 0.4) is 0 Å². The van der Waals surface area contributed by atoms with E-state index < -0.39 is 0 Å². The Bertz CT molecular complexity index is 395. The topological polar surface area (TPSA) is 39.1 Å². The molecule has 100 valence electrons. The van der Waals surface area contributed by atoms with Gasteiger partial charge in [-0.25, -0.2) is 4.68 Å². The minimum Gasteiger partial charge on any atom is -0.486 e. The molecule has 0 amide bonds. The largest absolute Gasteiger partial charge is 0.486 e. The van der Waals surface area contributed by atoms with E-state index in [4.69, 9.17) is 16.3 Å². The first-order valence-corrected chi connectivity index (χ1v) is 7.33. The van der Waals surface area contributed by atoms with E-state index in [1.807, 2.05) is 4.68 Å². The number of hydrogen-bond acceptors (Lipinski definition) is 3. The number of piperidine rings is 1. The smallest absolute Gasteiger partial charge is 0.176 e. The normalized spacial score (nSPS) is 22.5. The summed E-state index contributed by atoms with van der Waals surface area (Å²) in [5, 5.41) is 8.44. The zero-order chi connectivity index (χ0) is 12.4. The number of nitrogens with zero attached hydrogens (tertiary/aromatic N) is 2. The maximum absolute atomic E-state index is 6.39. The van der Waals surface area contributed by atoms with Crippen LogP contribution in [-0.2, 0) is 0 Å². The summed E-state index contributed by atoms with van der Waals surface area (Å²) in [7, 11) is 0. The van der Waals surface area contributed by atoms with Crippen molar-refractivity contribution in [3.63, 3.8) is 0 Å². The van der Waals surface area contributed by atoms with Crippen molar-refractivity contribution in [1.82, 2.24) is 15.1 Å². The Kier molecular flexibility index (Phi) is 3.75. The molecule has 3 rings (SSSR count). The molecule has 1 aromatic heterocycles. The van der Waals surface area contributed by atoms with Crippen LogP contribution in [0.1, 0.15) is 44.6 Å². The average Bonchev–Trinajstić information content (AvgIpc) is 3.03. The second-order valence-electron chi connectivity index (χ2n) is 5.25. The Morgan fingerprint density at radius 1 is 1.22 bits per heavy atom. The van der Waals surface area contributed by atoms with Crippen LogP contribution in [0.15, 0.2) is 6.20 Å². The fourth-order valence-electron chi connectivity index (χ4n) is 2.90. The highest BCUT2D eigenvalue weighted by Gasteiger charge is 2.23. The molecule has 2 heterocycles. The van der Waals surface area contributed by atoms with Gasteiger partial charge in [-0.2, -0.15) is 5.10 Å². The van der Waals surface area contributed by atoms with Crippen LogP contribution in [0.4, 0.5) is 0 Å². The predicted molar refractivity (Wildman–Crippen MR) is 71.3 cm³/mol. The molecular formula is C13H20ClN3O. The number of rotatable bonds is 3. The van der Waals surface area contributed by atoms with Gasteiger partial charge in [-0.15, -0.1) is 0 Å². The monoisotopic (exact) mass is 269 g/mol. The van der Waals surface area contributed by atoms with Crippen molar-refractivity contribution in [2.45, 2.75) is 50.7 Å². The Labute approximate surface area is 113 Å². The van der Waals surface area contributed by atoms with Crippen molar-refractivity contribution in [2.75, 3.05) is 13.1 Å². The summed E-state index contributed by atoms with van der Waals surface area (Å²) in [4.78, 5) is 0. The second-order valence-corrected chi connectivity index (χ2v) is 5.61. The van der Waals surface area contributed by atoms with E-state index >= 15 is 0 Å². The van der Waals surface area contributed by atoms with Crippen molar-refractivity contribution in [3.8, 4) is 5.75 Å².